The number of nitrogens with two attached hydrogens (primary N) is 1. The Morgan fingerprint density at radius 1 is 1.50 bits per heavy atom. The maximum atomic E-state index is 9.23. The fourth-order valence-electron chi connectivity index (χ4n) is 1.94. The van der Waals surface area contributed by atoms with Gasteiger partial charge in [0.1, 0.15) is 5.76 Å². The number of aromatic nitrogens is 1. The van der Waals surface area contributed by atoms with E-state index in [2.05, 4.69) is 23.3 Å². The maximum absolute atomic E-state index is 9.23. The van der Waals surface area contributed by atoms with Crippen molar-refractivity contribution in [2.24, 2.45) is 12.8 Å². The Bertz CT molecular complexity index is 528. The highest BCUT2D eigenvalue weighted by molar-refractivity contribution is 5.83. The number of hydrogen-bond donors (Lipinski definition) is 2. The largest absolute Gasteiger partial charge is 0.511 e. The van der Waals surface area contributed by atoms with E-state index in [0.29, 0.717) is 6.42 Å². The van der Waals surface area contributed by atoms with Crippen LogP contribution in [0.5, 0.6) is 0 Å². The van der Waals surface area contributed by atoms with Crippen LogP contribution in [0.1, 0.15) is 5.56 Å². The Labute approximate surface area is 94.8 Å². The summed E-state index contributed by atoms with van der Waals surface area (Å²) in [4.78, 5) is 0. The molecular weight excluding hydrogens is 200 g/mol. The van der Waals surface area contributed by atoms with Crippen molar-refractivity contribution >= 4 is 10.9 Å². The van der Waals surface area contributed by atoms with Crippen LogP contribution in [0.2, 0.25) is 0 Å². The van der Waals surface area contributed by atoms with Crippen molar-refractivity contribution in [3.05, 3.63) is 48.4 Å². The summed E-state index contributed by atoms with van der Waals surface area (Å²) in [6.45, 7) is 3.46. The van der Waals surface area contributed by atoms with Gasteiger partial charge in [0.05, 0.1) is 6.04 Å². The van der Waals surface area contributed by atoms with Gasteiger partial charge >= 0.3 is 0 Å². The molecule has 84 valence electrons. The second-order valence-corrected chi connectivity index (χ2v) is 4.08. The molecule has 1 atom stereocenters. The first-order chi connectivity index (χ1) is 7.59. The van der Waals surface area contributed by atoms with Crippen LogP contribution in [-0.4, -0.2) is 15.7 Å². The molecule has 3 N–H and O–H groups in total. The Balaban J connectivity index is 2.42. The molecule has 16 heavy (non-hydrogen) atoms. The second-order valence-electron chi connectivity index (χ2n) is 4.08. The number of benzene rings is 1. The van der Waals surface area contributed by atoms with Crippen LogP contribution in [0.3, 0.4) is 0 Å². The molecule has 0 amide bonds. The SMILES string of the molecule is C=C(O)[C@H](N)Cc1cn(C)c2ccccc12. The summed E-state index contributed by atoms with van der Waals surface area (Å²) in [6, 6.07) is 7.75. The molecule has 0 aliphatic rings. The van der Waals surface area contributed by atoms with Gasteiger partial charge in [-0.25, -0.2) is 0 Å². The van der Waals surface area contributed by atoms with Crippen LogP contribution < -0.4 is 5.73 Å². The second kappa shape index (κ2) is 4.02. The molecule has 1 heterocycles. The van der Waals surface area contributed by atoms with Gasteiger partial charge in [0.15, 0.2) is 0 Å². The van der Waals surface area contributed by atoms with Gasteiger partial charge in [-0.2, -0.15) is 0 Å². The van der Waals surface area contributed by atoms with Crippen molar-refractivity contribution in [3.8, 4) is 0 Å². The Morgan fingerprint density at radius 2 is 2.19 bits per heavy atom. The van der Waals surface area contributed by atoms with Crippen LogP contribution >= 0.6 is 0 Å². The third-order valence-corrected chi connectivity index (χ3v) is 2.85. The number of aryl methyl sites for hydroxylation is 1. The van der Waals surface area contributed by atoms with E-state index in [0.717, 1.165) is 5.56 Å². The summed E-state index contributed by atoms with van der Waals surface area (Å²) >= 11 is 0. The molecule has 2 aromatic rings. The number of nitrogens with zero attached hydrogens (tertiary/aromatic N) is 1. The summed E-state index contributed by atoms with van der Waals surface area (Å²) < 4.78 is 2.07. The van der Waals surface area contributed by atoms with E-state index >= 15 is 0 Å². The van der Waals surface area contributed by atoms with Gasteiger partial charge < -0.3 is 15.4 Å². The van der Waals surface area contributed by atoms with Gasteiger partial charge in [0.25, 0.3) is 0 Å². The topological polar surface area (TPSA) is 51.2 Å². The minimum Gasteiger partial charge on any atom is -0.511 e. The number of aliphatic hydroxyl groups is 1. The van der Waals surface area contributed by atoms with Crippen molar-refractivity contribution in [2.75, 3.05) is 0 Å². The van der Waals surface area contributed by atoms with Crippen molar-refractivity contribution in [1.82, 2.24) is 4.57 Å². The van der Waals surface area contributed by atoms with Gasteiger partial charge in [-0.3, -0.25) is 0 Å². The lowest BCUT2D eigenvalue weighted by Gasteiger charge is -2.08. The average molecular weight is 216 g/mol. The van der Waals surface area contributed by atoms with E-state index in [1.807, 2.05) is 25.4 Å². The van der Waals surface area contributed by atoms with Crippen molar-refractivity contribution in [2.45, 2.75) is 12.5 Å². The zero-order valence-corrected chi connectivity index (χ0v) is 9.35. The van der Waals surface area contributed by atoms with E-state index < -0.39 is 6.04 Å². The summed E-state index contributed by atoms with van der Waals surface area (Å²) in [5, 5.41) is 10.4. The third-order valence-electron chi connectivity index (χ3n) is 2.85. The molecule has 3 heteroatoms. The van der Waals surface area contributed by atoms with Crippen LogP contribution in [0.4, 0.5) is 0 Å². The quantitative estimate of drug-likeness (QED) is 0.772. The van der Waals surface area contributed by atoms with Crippen molar-refractivity contribution in [1.29, 1.82) is 0 Å². The zero-order valence-electron chi connectivity index (χ0n) is 9.35. The van der Waals surface area contributed by atoms with E-state index in [1.165, 1.54) is 10.9 Å². The molecule has 0 aliphatic heterocycles. The predicted molar refractivity (Wildman–Crippen MR) is 66.4 cm³/mol. The highest BCUT2D eigenvalue weighted by Gasteiger charge is 2.11. The van der Waals surface area contributed by atoms with Crippen LogP contribution in [-0.2, 0) is 13.5 Å². The van der Waals surface area contributed by atoms with Gasteiger partial charge in [0, 0.05) is 24.1 Å². The van der Waals surface area contributed by atoms with E-state index in [-0.39, 0.29) is 5.76 Å². The van der Waals surface area contributed by atoms with Gasteiger partial charge in [0.2, 0.25) is 0 Å². The lowest BCUT2D eigenvalue weighted by Crippen LogP contribution is -2.24. The highest BCUT2D eigenvalue weighted by Crippen LogP contribution is 2.21. The van der Waals surface area contributed by atoms with Crippen molar-refractivity contribution in [3.63, 3.8) is 0 Å². The molecule has 0 radical (unpaired) electrons. The maximum Gasteiger partial charge on any atom is 0.102 e. The molecule has 0 saturated carbocycles. The molecule has 0 aliphatic carbocycles. The third kappa shape index (κ3) is 1.82. The molecule has 0 fully saturated rings. The smallest absolute Gasteiger partial charge is 0.102 e. The van der Waals surface area contributed by atoms with Gasteiger partial charge in [-0.1, -0.05) is 24.8 Å². The van der Waals surface area contributed by atoms with Crippen LogP contribution in [0.15, 0.2) is 42.8 Å². The van der Waals surface area contributed by atoms with Gasteiger partial charge in [-0.15, -0.1) is 0 Å². The number of aliphatic hydroxyl groups excluding tert-OH is 1. The van der Waals surface area contributed by atoms with E-state index in [1.54, 1.807) is 0 Å². The molecule has 3 nitrogen and oxygen atoms in total. The molecule has 1 aromatic carbocycles. The fourth-order valence-corrected chi connectivity index (χ4v) is 1.94. The first-order valence-corrected chi connectivity index (χ1v) is 5.26. The number of rotatable bonds is 3. The standard InChI is InChI=1S/C13H16N2O/c1-9(16)12(14)7-10-8-15(2)13-6-4-3-5-11(10)13/h3-6,8,12,16H,1,7,14H2,2H3/t12-/m1/s1. The molecule has 0 saturated heterocycles. The summed E-state index contributed by atoms with van der Waals surface area (Å²) in [6.07, 6.45) is 2.66. The normalized spacial score (nSPS) is 12.9. The monoisotopic (exact) mass is 216 g/mol. The molecule has 2 rings (SSSR count). The average Bonchev–Trinajstić information content (AvgIpc) is 2.57. The Morgan fingerprint density at radius 3 is 2.88 bits per heavy atom. The number of hydrogen-bond acceptors (Lipinski definition) is 2. The summed E-state index contributed by atoms with van der Waals surface area (Å²) in [7, 11) is 2.01. The van der Waals surface area contributed by atoms with Gasteiger partial charge in [-0.05, 0) is 18.1 Å². The first kappa shape index (κ1) is 10.8. The van der Waals surface area contributed by atoms with E-state index in [4.69, 9.17) is 5.73 Å². The Hall–Kier alpha value is -1.74. The summed E-state index contributed by atoms with van der Waals surface area (Å²) in [5.74, 6) is 0.0351. The first-order valence-electron chi connectivity index (χ1n) is 5.26. The molecule has 0 bridgehead atoms. The number of para-hydroxylation sites is 1. The lowest BCUT2D eigenvalue weighted by atomic mass is 10.0. The molecule has 0 spiro atoms. The Kier molecular flexibility index (Phi) is 2.71. The lowest BCUT2D eigenvalue weighted by molar-refractivity contribution is 0.369. The van der Waals surface area contributed by atoms with E-state index in [9.17, 15) is 5.11 Å². The molecule has 0 unspecified atom stereocenters. The highest BCUT2D eigenvalue weighted by atomic mass is 16.3. The molecular formula is C13H16N2O. The summed E-state index contributed by atoms with van der Waals surface area (Å²) in [5.41, 5.74) is 8.10. The fraction of sp³-hybridized carbons (Fsp3) is 0.231. The van der Waals surface area contributed by atoms with Crippen LogP contribution in [0.25, 0.3) is 10.9 Å². The molecule has 1 aromatic heterocycles. The predicted octanol–water partition coefficient (Wildman–Crippen LogP) is 2.12. The number of fused-ring (bicyclic) bond motifs is 1. The minimum atomic E-state index is -0.397. The van der Waals surface area contributed by atoms with Crippen LogP contribution in [0, 0.1) is 0 Å². The van der Waals surface area contributed by atoms with Crippen molar-refractivity contribution < 1.29 is 5.11 Å². The zero-order chi connectivity index (χ0) is 11.7. The minimum absolute atomic E-state index is 0.0351.